The second-order valence-corrected chi connectivity index (χ2v) is 7.41. The average molecular weight is 332 g/mol. The standard InChI is InChI=1S/C13H18BrNO2S/c1-2-15(12-7-3-4-8-12)18(16,17)13-9-5-6-11(14)10-13/h5-6,9-10,12H,2-4,7-8H2,1H3. The van der Waals surface area contributed by atoms with Gasteiger partial charge in [-0.1, -0.05) is 41.8 Å². The Morgan fingerprint density at radius 2 is 2.00 bits per heavy atom. The van der Waals surface area contributed by atoms with Gasteiger partial charge in [0.25, 0.3) is 0 Å². The van der Waals surface area contributed by atoms with Crippen molar-refractivity contribution < 1.29 is 8.42 Å². The van der Waals surface area contributed by atoms with Crippen molar-refractivity contribution in [1.29, 1.82) is 0 Å². The highest BCUT2D eigenvalue weighted by molar-refractivity contribution is 9.10. The predicted octanol–water partition coefficient (Wildman–Crippen LogP) is 3.40. The van der Waals surface area contributed by atoms with Crippen LogP contribution in [0.4, 0.5) is 0 Å². The molecule has 1 aliphatic carbocycles. The van der Waals surface area contributed by atoms with E-state index in [0.717, 1.165) is 30.2 Å². The first-order valence-electron chi connectivity index (χ1n) is 6.33. The van der Waals surface area contributed by atoms with E-state index >= 15 is 0 Å². The molecule has 0 saturated heterocycles. The highest BCUT2D eigenvalue weighted by atomic mass is 79.9. The topological polar surface area (TPSA) is 37.4 Å². The van der Waals surface area contributed by atoms with Crippen LogP contribution in [0.1, 0.15) is 32.6 Å². The molecule has 1 aromatic carbocycles. The molecule has 3 nitrogen and oxygen atoms in total. The second-order valence-electron chi connectivity index (χ2n) is 4.60. The van der Waals surface area contributed by atoms with Crippen LogP contribution >= 0.6 is 15.9 Å². The van der Waals surface area contributed by atoms with Crippen molar-refractivity contribution >= 4 is 26.0 Å². The fraction of sp³-hybridized carbons (Fsp3) is 0.538. The van der Waals surface area contributed by atoms with Crippen molar-refractivity contribution in [3.8, 4) is 0 Å². The van der Waals surface area contributed by atoms with Crippen LogP contribution in [0.25, 0.3) is 0 Å². The number of halogens is 1. The van der Waals surface area contributed by atoms with Crippen LogP contribution in [0, 0.1) is 0 Å². The summed E-state index contributed by atoms with van der Waals surface area (Å²) < 4.78 is 27.7. The smallest absolute Gasteiger partial charge is 0.207 e. The number of benzene rings is 1. The summed E-state index contributed by atoms with van der Waals surface area (Å²) in [6.07, 6.45) is 4.24. The third-order valence-electron chi connectivity index (χ3n) is 3.45. The van der Waals surface area contributed by atoms with Gasteiger partial charge in [-0.2, -0.15) is 4.31 Å². The van der Waals surface area contributed by atoms with Gasteiger partial charge >= 0.3 is 0 Å². The largest absolute Gasteiger partial charge is 0.243 e. The summed E-state index contributed by atoms with van der Waals surface area (Å²) in [5.41, 5.74) is 0. The highest BCUT2D eigenvalue weighted by Gasteiger charge is 2.31. The summed E-state index contributed by atoms with van der Waals surface area (Å²) >= 11 is 3.33. The summed E-state index contributed by atoms with van der Waals surface area (Å²) in [6, 6.07) is 7.12. The maximum absolute atomic E-state index is 12.6. The molecule has 1 saturated carbocycles. The predicted molar refractivity (Wildman–Crippen MR) is 76.0 cm³/mol. The Labute approximate surface area is 117 Å². The van der Waals surface area contributed by atoms with Gasteiger partial charge in [-0.05, 0) is 31.0 Å². The van der Waals surface area contributed by atoms with Crippen LogP contribution in [0.15, 0.2) is 33.6 Å². The molecule has 0 aliphatic heterocycles. The summed E-state index contributed by atoms with van der Waals surface area (Å²) in [5.74, 6) is 0. The SMILES string of the molecule is CCN(C1CCCC1)S(=O)(=O)c1cccc(Br)c1. The van der Waals surface area contributed by atoms with Gasteiger partial charge in [0.05, 0.1) is 4.90 Å². The van der Waals surface area contributed by atoms with Gasteiger partial charge in [0.1, 0.15) is 0 Å². The third kappa shape index (κ3) is 2.78. The molecule has 1 fully saturated rings. The highest BCUT2D eigenvalue weighted by Crippen LogP contribution is 2.29. The molecule has 2 rings (SSSR count). The monoisotopic (exact) mass is 331 g/mol. The molecule has 100 valence electrons. The number of nitrogens with zero attached hydrogens (tertiary/aromatic N) is 1. The van der Waals surface area contributed by atoms with Crippen LogP contribution in [0.2, 0.25) is 0 Å². The van der Waals surface area contributed by atoms with Crippen molar-refractivity contribution in [1.82, 2.24) is 4.31 Å². The first-order chi connectivity index (χ1) is 8.55. The normalized spacial score (nSPS) is 17.5. The molecule has 0 bridgehead atoms. The van der Waals surface area contributed by atoms with Crippen molar-refractivity contribution in [2.45, 2.75) is 43.5 Å². The summed E-state index contributed by atoms with van der Waals surface area (Å²) in [7, 11) is -3.35. The number of hydrogen-bond donors (Lipinski definition) is 0. The zero-order valence-corrected chi connectivity index (χ0v) is 12.9. The second kappa shape index (κ2) is 5.72. The van der Waals surface area contributed by atoms with E-state index in [9.17, 15) is 8.42 Å². The van der Waals surface area contributed by atoms with E-state index in [2.05, 4.69) is 15.9 Å². The number of hydrogen-bond acceptors (Lipinski definition) is 2. The van der Waals surface area contributed by atoms with Gasteiger partial charge in [-0.25, -0.2) is 8.42 Å². The van der Waals surface area contributed by atoms with E-state index in [1.807, 2.05) is 13.0 Å². The van der Waals surface area contributed by atoms with Gasteiger partial charge < -0.3 is 0 Å². The molecule has 5 heteroatoms. The third-order valence-corrected chi connectivity index (χ3v) is 5.96. The Morgan fingerprint density at radius 1 is 1.33 bits per heavy atom. The minimum atomic E-state index is -3.35. The van der Waals surface area contributed by atoms with Gasteiger partial charge in [0.2, 0.25) is 10.0 Å². The van der Waals surface area contributed by atoms with Gasteiger partial charge in [0.15, 0.2) is 0 Å². The molecule has 0 spiro atoms. The summed E-state index contributed by atoms with van der Waals surface area (Å²) in [5, 5.41) is 0. The van der Waals surface area contributed by atoms with E-state index in [-0.39, 0.29) is 6.04 Å². The molecule has 0 atom stereocenters. The lowest BCUT2D eigenvalue weighted by Gasteiger charge is -2.26. The van der Waals surface area contributed by atoms with Crippen LogP contribution in [0.5, 0.6) is 0 Å². The molecule has 0 aromatic heterocycles. The van der Waals surface area contributed by atoms with Crippen LogP contribution in [0.3, 0.4) is 0 Å². The Balaban J connectivity index is 2.33. The fourth-order valence-electron chi connectivity index (χ4n) is 2.58. The lowest BCUT2D eigenvalue weighted by atomic mass is 10.2. The zero-order chi connectivity index (χ0) is 13.2. The maximum Gasteiger partial charge on any atom is 0.243 e. The Kier molecular flexibility index (Phi) is 4.45. The van der Waals surface area contributed by atoms with E-state index in [1.165, 1.54) is 0 Å². The van der Waals surface area contributed by atoms with Crippen LogP contribution in [-0.4, -0.2) is 25.3 Å². The van der Waals surface area contributed by atoms with Crippen molar-refractivity contribution in [3.63, 3.8) is 0 Å². The van der Waals surface area contributed by atoms with Crippen LogP contribution in [-0.2, 0) is 10.0 Å². The van der Waals surface area contributed by atoms with E-state index in [0.29, 0.717) is 11.4 Å². The molecule has 0 unspecified atom stereocenters. The molecule has 1 aliphatic rings. The molecule has 0 N–H and O–H groups in total. The Morgan fingerprint density at radius 3 is 2.56 bits per heavy atom. The number of rotatable bonds is 4. The van der Waals surface area contributed by atoms with E-state index in [1.54, 1.807) is 22.5 Å². The Bertz CT molecular complexity index is 509. The van der Waals surface area contributed by atoms with E-state index in [4.69, 9.17) is 0 Å². The molecule has 0 amide bonds. The van der Waals surface area contributed by atoms with E-state index < -0.39 is 10.0 Å². The van der Waals surface area contributed by atoms with Crippen molar-refractivity contribution in [2.75, 3.05) is 6.54 Å². The molecule has 18 heavy (non-hydrogen) atoms. The maximum atomic E-state index is 12.6. The average Bonchev–Trinajstić information content (AvgIpc) is 2.83. The van der Waals surface area contributed by atoms with Crippen molar-refractivity contribution in [3.05, 3.63) is 28.7 Å². The quantitative estimate of drug-likeness (QED) is 0.847. The first kappa shape index (κ1) is 14.0. The van der Waals surface area contributed by atoms with Gasteiger partial charge in [-0.15, -0.1) is 0 Å². The fourth-order valence-corrected chi connectivity index (χ4v) is 4.87. The summed E-state index contributed by atoms with van der Waals surface area (Å²) in [4.78, 5) is 0.380. The first-order valence-corrected chi connectivity index (χ1v) is 8.56. The molecule has 1 aromatic rings. The number of sulfonamides is 1. The van der Waals surface area contributed by atoms with Crippen LogP contribution < -0.4 is 0 Å². The minimum Gasteiger partial charge on any atom is -0.207 e. The molecule has 0 radical (unpaired) electrons. The minimum absolute atomic E-state index is 0.180. The zero-order valence-electron chi connectivity index (χ0n) is 10.5. The molecular weight excluding hydrogens is 314 g/mol. The van der Waals surface area contributed by atoms with Gasteiger partial charge in [-0.3, -0.25) is 0 Å². The van der Waals surface area contributed by atoms with Gasteiger partial charge in [0, 0.05) is 17.1 Å². The lowest BCUT2D eigenvalue weighted by molar-refractivity contribution is 0.335. The summed E-state index contributed by atoms with van der Waals surface area (Å²) in [6.45, 7) is 2.45. The lowest BCUT2D eigenvalue weighted by Crippen LogP contribution is -2.38. The van der Waals surface area contributed by atoms with Crippen molar-refractivity contribution in [2.24, 2.45) is 0 Å². The molecular formula is C13H18BrNO2S. The Hall–Kier alpha value is -0.390. The molecule has 0 heterocycles.